The van der Waals surface area contributed by atoms with E-state index in [1.807, 2.05) is 25.3 Å². The molecule has 0 bridgehead atoms. The fraction of sp³-hybridized carbons (Fsp3) is 0.391. The first-order chi connectivity index (χ1) is 15.6. The van der Waals surface area contributed by atoms with E-state index in [1.54, 1.807) is 48.0 Å². The Balaban J connectivity index is 2.84. The van der Waals surface area contributed by atoms with Crippen molar-refractivity contribution in [1.29, 1.82) is 0 Å². The third kappa shape index (κ3) is 6.31. The maximum absolute atomic E-state index is 13.4. The van der Waals surface area contributed by atoms with Gasteiger partial charge in [0.2, 0.25) is 11.8 Å². The van der Waals surface area contributed by atoms with Gasteiger partial charge in [0.05, 0.1) is 18.1 Å². The van der Waals surface area contributed by atoms with Crippen molar-refractivity contribution < 1.29 is 27.6 Å². The maximum atomic E-state index is 13.4. The lowest BCUT2D eigenvalue weighted by Crippen LogP contribution is -2.57. The highest BCUT2D eigenvalue weighted by atomic mass is 32.2. The third-order valence-corrected chi connectivity index (χ3v) is 7.52. The van der Waals surface area contributed by atoms with Crippen molar-refractivity contribution in [1.82, 2.24) is 10.9 Å². The molecule has 0 aliphatic rings. The topological polar surface area (TPSA) is 152 Å². The highest BCUT2D eigenvalue weighted by Crippen LogP contribution is 2.40. The number of hydrogen-bond donors (Lipinski definition) is 4. The van der Waals surface area contributed by atoms with Gasteiger partial charge in [-0.1, -0.05) is 56.3 Å². The Labute approximate surface area is 193 Å². The summed E-state index contributed by atoms with van der Waals surface area (Å²) in [6.07, 6.45) is 5.27. The molecule has 2 amide bonds. The number of hydrazine groups is 1. The molecule has 3 atom stereocenters. The molecule has 0 radical (unpaired) electrons. The minimum absolute atomic E-state index is 0.0831. The zero-order valence-electron chi connectivity index (χ0n) is 18.9. The van der Waals surface area contributed by atoms with E-state index in [4.69, 9.17) is 10.3 Å². The van der Waals surface area contributed by atoms with Gasteiger partial charge in [-0.05, 0) is 30.0 Å². The quantitative estimate of drug-likeness (QED) is 0.167. The molecule has 2 aromatic rings. The van der Waals surface area contributed by atoms with Gasteiger partial charge >= 0.3 is 0 Å². The predicted octanol–water partition coefficient (Wildman–Crippen LogP) is 2.09. The number of amides is 2. The number of carbonyl (C=O) groups excluding carboxylic acids is 2. The van der Waals surface area contributed by atoms with E-state index in [9.17, 15) is 23.2 Å². The SMILES string of the molecule is CC(C)C[C@@H](C(=O)NN)[C@@H](C(=O)NO)C(/C=C/c1ccccc1)(Cc1ccco1)S(C)(=O)=O. The van der Waals surface area contributed by atoms with Gasteiger partial charge in [-0.25, -0.2) is 19.7 Å². The van der Waals surface area contributed by atoms with Crippen LogP contribution in [0.2, 0.25) is 0 Å². The normalized spacial score (nSPS) is 15.7. The first-order valence-electron chi connectivity index (χ1n) is 10.5. The molecule has 33 heavy (non-hydrogen) atoms. The fourth-order valence-corrected chi connectivity index (χ4v) is 5.52. The van der Waals surface area contributed by atoms with E-state index in [0.29, 0.717) is 11.3 Å². The van der Waals surface area contributed by atoms with Crippen LogP contribution >= 0.6 is 0 Å². The van der Waals surface area contributed by atoms with E-state index in [0.717, 1.165) is 6.26 Å². The molecule has 9 nitrogen and oxygen atoms in total. The summed E-state index contributed by atoms with van der Waals surface area (Å²) < 4.78 is 30.4. The number of sulfone groups is 1. The molecule has 1 unspecified atom stereocenters. The number of rotatable bonds is 11. The first kappa shape index (κ1) is 26.3. The molecule has 10 heteroatoms. The number of hydrogen-bond acceptors (Lipinski definition) is 7. The van der Waals surface area contributed by atoms with Crippen molar-refractivity contribution in [2.45, 2.75) is 31.4 Å². The Morgan fingerprint density at radius 1 is 1.15 bits per heavy atom. The molecule has 1 heterocycles. The van der Waals surface area contributed by atoms with Gasteiger partial charge in [0.15, 0.2) is 9.84 Å². The Morgan fingerprint density at radius 3 is 2.30 bits per heavy atom. The molecule has 1 aromatic carbocycles. The van der Waals surface area contributed by atoms with Gasteiger partial charge in [-0.2, -0.15) is 0 Å². The molecule has 0 spiro atoms. The molecular formula is C23H31N3O6S. The second kappa shape index (κ2) is 11.3. The molecule has 0 saturated heterocycles. The number of hydroxylamine groups is 1. The summed E-state index contributed by atoms with van der Waals surface area (Å²) in [5, 5.41) is 9.58. The van der Waals surface area contributed by atoms with Gasteiger partial charge < -0.3 is 4.42 Å². The van der Waals surface area contributed by atoms with E-state index < -0.39 is 38.2 Å². The molecule has 180 valence electrons. The van der Waals surface area contributed by atoms with Crippen LogP contribution in [0, 0.1) is 17.8 Å². The van der Waals surface area contributed by atoms with Crippen LogP contribution in [0.4, 0.5) is 0 Å². The van der Waals surface area contributed by atoms with E-state index in [-0.39, 0.29) is 18.8 Å². The van der Waals surface area contributed by atoms with Crippen molar-refractivity contribution >= 4 is 27.7 Å². The fourth-order valence-electron chi connectivity index (χ4n) is 4.07. The molecule has 0 aliphatic carbocycles. The van der Waals surface area contributed by atoms with Gasteiger partial charge in [0.1, 0.15) is 10.5 Å². The van der Waals surface area contributed by atoms with Crippen molar-refractivity contribution in [3.63, 3.8) is 0 Å². The lowest BCUT2D eigenvalue weighted by atomic mass is 9.74. The van der Waals surface area contributed by atoms with Crippen LogP contribution in [0.5, 0.6) is 0 Å². The number of benzene rings is 1. The third-order valence-electron chi connectivity index (χ3n) is 5.60. The average molecular weight is 478 g/mol. The number of nitrogens with two attached hydrogens (primary N) is 1. The van der Waals surface area contributed by atoms with Crippen LogP contribution in [0.15, 0.2) is 59.2 Å². The zero-order chi connectivity index (χ0) is 24.6. The Morgan fingerprint density at radius 2 is 1.82 bits per heavy atom. The molecule has 2 rings (SSSR count). The van der Waals surface area contributed by atoms with Crippen molar-refractivity contribution in [2.75, 3.05) is 6.26 Å². The summed E-state index contributed by atoms with van der Waals surface area (Å²) >= 11 is 0. The summed E-state index contributed by atoms with van der Waals surface area (Å²) in [5.74, 6) is 1.21. The summed E-state index contributed by atoms with van der Waals surface area (Å²) in [7, 11) is -4.09. The zero-order valence-corrected chi connectivity index (χ0v) is 19.7. The maximum Gasteiger partial charge on any atom is 0.249 e. The van der Waals surface area contributed by atoms with Crippen molar-refractivity contribution in [3.05, 3.63) is 66.1 Å². The van der Waals surface area contributed by atoms with Crippen molar-refractivity contribution in [3.8, 4) is 0 Å². The standard InChI is InChI=1S/C23H31N3O6S/c1-16(2)14-19(21(27)25-24)20(22(28)26-29)23(33(3,30)31,15-18-10-7-13-32-18)12-11-17-8-5-4-6-9-17/h4-13,16,19-20,29H,14-15,24H2,1-3H3,(H,25,27)(H,26,28)/b12-11+/t19-,20+,23?/m1/s1. The molecule has 5 N–H and O–H groups in total. The second-order valence-corrected chi connectivity index (χ2v) is 10.7. The number of carbonyl (C=O) groups is 2. The predicted molar refractivity (Wildman–Crippen MR) is 124 cm³/mol. The lowest BCUT2D eigenvalue weighted by Gasteiger charge is -2.39. The van der Waals surface area contributed by atoms with Gasteiger partial charge in [0.25, 0.3) is 0 Å². The largest absolute Gasteiger partial charge is 0.469 e. The molecular weight excluding hydrogens is 446 g/mol. The molecule has 0 fully saturated rings. The van der Waals surface area contributed by atoms with Gasteiger partial charge in [0, 0.05) is 12.7 Å². The van der Waals surface area contributed by atoms with E-state index in [2.05, 4.69) is 0 Å². The van der Waals surface area contributed by atoms with Crippen LogP contribution in [-0.2, 0) is 25.8 Å². The van der Waals surface area contributed by atoms with Crippen LogP contribution < -0.4 is 16.7 Å². The summed E-state index contributed by atoms with van der Waals surface area (Å²) in [4.78, 5) is 25.9. The smallest absolute Gasteiger partial charge is 0.249 e. The molecule has 1 aromatic heterocycles. The molecule has 0 aliphatic heterocycles. The lowest BCUT2D eigenvalue weighted by molar-refractivity contribution is -0.142. The van der Waals surface area contributed by atoms with E-state index in [1.165, 1.54) is 12.3 Å². The van der Waals surface area contributed by atoms with Crippen LogP contribution in [0.25, 0.3) is 6.08 Å². The van der Waals surface area contributed by atoms with Gasteiger partial charge in [-0.15, -0.1) is 0 Å². The average Bonchev–Trinajstić information content (AvgIpc) is 3.28. The van der Waals surface area contributed by atoms with Crippen molar-refractivity contribution in [2.24, 2.45) is 23.6 Å². The number of furan rings is 1. The number of nitrogens with one attached hydrogen (secondary N) is 2. The molecule has 0 saturated carbocycles. The summed E-state index contributed by atoms with van der Waals surface area (Å²) in [6, 6.07) is 12.1. The summed E-state index contributed by atoms with van der Waals surface area (Å²) in [5.41, 5.74) is 4.30. The Kier molecular flexibility index (Phi) is 8.98. The highest BCUT2D eigenvalue weighted by Gasteiger charge is 2.54. The highest BCUT2D eigenvalue weighted by molar-refractivity contribution is 7.92. The Hall–Kier alpha value is -2.95. The minimum atomic E-state index is -4.09. The first-order valence-corrected chi connectivity index (χ1v) is 12.4. The Bertz CT molecular complexity index is 1050. The minimum Gasteiger partial charge on any atom is -0.469 e. The second-order valence-electron chi connectivity index (χ2n) is 8.43. The van der Waals surface area contributed by atoms with Gasteiger partial charge in [-0.3, -0.25) is 20.2 Å². The van der Waals surface area contributed by atoms with Crippen LogP contribution in [-0.4, -0.2) is 36.4 Å². The van der Waals surface area contributed by atoms with Crippen LogP contribution in [0.1, 0.15) is 31.6 Å². The summed E-state index contributed by atoms with van der Waals surface area (Å²) in [6.45, 7) is 3.67. The van der Waals surface area contributed by atoms with Crippen LogP contribution in [0.3, 0.4) is 0 Å². The monoisotopic (exact) mass is 477 g/mol. The van der Waals surface area contributed by atoms with E-state index >= 15 is 0 Å².